The van der Waals surface area contributed by atoms with Gasteiger partial charge in [0.25, 0.3) is 0 Å². The van der Waals surface area contributed by atoms with Gasteiger partial charge >= 0.3 is 0 Å². The standard InChI is InChI=1S/C27H39NO2/c1-18(17-30-25-6-4-5-15-28-25)22-9-10-23-21-8-7-19-16-20(29)11-13-26(19,2)24(21)12-14-27(22,23)3/h4-7,15,18,20-24,29H,8-14,16-17H2,1-3H3/t18-,20+,21+,22-,23+,24+,26+,27-/m1/s1. The third kappa shape index (κ3) is 3.23. The molecule has 0 aromatic carbocycles. The largest absolute Gasteiger partial charge is 0.477 e. The number of allylic oxidation sites excluding steroid dienone is 1. The van der Waals surface area contributed by atoms with Crippen LogP contribution in [0.1, 0.15) is 72.1 Å². The van der Waals surface area contributed by atoms with Gasteiger partial charge in [0.15, 0.2) is 0 Å². The summed E-state index contributed by atoms with van der Waals surface area (Å²) in [5, 5.41) is 10.2. The molecule has 164 valence electrons. The Morgan fingerprint density at radius 2 is 2.00 bits per heavy atom. The van der Waals surface area contributed by atoms with Crippen molar-refractivity contribution >= 4 is 0 Å². The average molecular weight is 410 g/mol. The molecule has 0 radical (unpaired) electrons. The quantitative estimate of drug-likeness (QED) is 0.617. The maximum absolute atomic E-state index is 10.2. The third-order valence-electron chi connectivity index (χ3n) is 9.97. The Morgan fingerprint density at radius 3 is 2.80 bits per heavy atom. The highest BCUT2D eigenvalue weighted by Crippen LogP contribution is 2.67. The summed E-state index contributed by atoms with van der Waals surface area (Å²) in [7, 11) is 0. The Bertz CT molecular complexity index is 791. The number of aliphatic hydroxyl groups excluding tert-OH is 1. The lowest BCUT2D eigenvalue weighted by atomic mass is 9.47. The van der Waals surface area contributed by atoms with Gasteiger partial charge in [0.1, 0.15) is 0 Å². The number of aromatic nitrogens is 1. The van der Waals surface area contributed by atoms with Crippen LogP contribution < -0.4 is 4.74 Å². The molecule has 0 amide bonds. The molecule has 5 rings (SSSR count). The second-order valence-corrected chi connectivity index (χ2v) is 11.3. The Labute approximate surface area is 182 Å². The van der Waals surface area contributed by atoms with Crippen LogP contribution in [0.15, 0.2) is 36.0 Å². The van der Waals surface area contributed by atoms with Gasteiger partial charge in [-0.2, -0.15) is 0 Å². The first-order chi connectivity index (χ1) is 14.4. The van der Waals surface area contributed by atoms with Crippen molar-refractivity contribution in [1.82, 2.24) is 4.98 Å². The van der Waals surface area contributed by atoms with Crippen molar-refractivity contribution in [3.8, 4) is 5.88 Å². The number of fused-ring (bicyclic) bond motifs is 5. The summed E-state index contributed by atoms with van der Waals surface area (Å²) in [6, 6.07) is 5.90. The fourth-order valence-corrected chi connectivity index (χ4v) is 8.38. The lowest BCUT2D eigenvalue weighted by Gasteiger charge is -2.58. The zero-order valence-corrected chi connectivity index (χ0v) is 19.0. The normalized spacial score (nSPS) is 43.7. The monoisotopic (exact) mass is 409 g/mol. The van der Waals surface area contributed by atoms with Crippen molar-refractivity contribution in [3.05, 3.63) is 36.0 Å². The van der Waals surface area contributed by atoms with Crippen molar-refractivity contribution in [2.45, 2.75) is 78.2 Å². The number of hydrogen-bond donors (Lipinski definition) is 1. The van der Waals surface area contributed by atoms with Crippen LogP contribution >= 0.6 is 0 Å². The van der Waals surface area contributed by atoms with Gasteiger partial charge in [0.2, 0.25) is 5.88 Å². The van der Waals surface area contributed by atoms with E-state index in [9.17, 15) is 5.11 Å². The molecule has 0 aliphatic heterocycles. The van der Waals surface area contributed by atoms with Gasteiger partial charge in [0.05, 0.1) is 12.7 Å². The molecule has 0 unspecified atom stereocenters. The van der Waals surface area contributed by atoms with Gasteiger partial charge in [0, 0.05) is 12.3 Å². The second-order valence-electron chi connectivity index (χ2n) is 11.3. The minimum Gasteiger partial charge on any atom is -0.477 e. The smallest absolute Gasteiger partial charge is 0.213 e. The maximum Gasteiger partial charge on any atom is 0.213 e. The minimum atomic E-state index is -0.106. The summed E-state index contributed by atoms with van der Waals surface area (Å²) in [4.78, 5) is 4.33. The summed E-state index contributed by atoms with van der Waals surface area (Å²) >= 11 is 0. The number of nitrogens with zero attached hydrogens (tertiary/aromatic N) is 1. The van der Waals surface area contributed by atoms with Crippen LogP contribution in [0.5, 0.6) is 5.88 Å². The summed E-state index contributed by atoms with van der Waals surface area (Å²) < 4.78 is 6.06. The fourth-order valence-electron chi connectivity index (χ4n) is 8.38. The SMILES string of the molecule is C[C@H](COc1ccccn1)[C@H]1CC[C@H]2[C@@H]3CC=C4C[C@@H](O)CC[C@]4(C)[C@H]3CC[C@]12C. The van der Waals surface area contributed by atoms with E-state index in [4.69, 9.17) is 4.74 Å². The molecule has 0 spiro atoms. The third-order valence-corrected chi connectivity index (χ3v) is 9.97. The van der Waals surface area contributed by atoms with Crippen molar-refractivity contribution in [2.75, 3.05) is 6.61 Å². The molecule has 30 heavy (non-hydrogen) atoms. The molecule has 8 atom stereocenters. The van der Waals surface area contributed by atoms with E-state index in [1.165, 1.54) is 38.5 Å². The van der Waals surface area contributed by atoms with Crippen LogP contribution in [0, 0.1) is 40.4 Å². The summed E-state index contributed by atoms with van der Waals surface area (Å²) in [5.41, 5.74) is 2.37. The summed E-state index contributed by atoms with van der Waals surface area (Å²) in [6.45, 7) is 8.31. The fraction of sp³-hybridized carbons (Fsp3) is 0.741. The van der Waals surface area contributed by atoms with Crippen LogP contribution in [-0.2, 0) is 0 Å². The number of ether oxygens (including phenoxy) is 1. The van der Waals surface area contributed by atoms with Crippen LogP contribution in [-0.4, -0.2) is 22.8 Å². The summed E-state index contributed by atoms with van der Waals surface area (Å²) in [5.74, 6) is 4.57. The maximum atomic E-state index is 10.2. The molecule has 3 nitrogen and oxygen atoms in total. The number of rotatable bonds is 4. The van der Waals surface area contributed by atoms with E-state index in [2.05, 4.69) is 31.8 Å². The van der Waals surface area contributed by atoms with Crippen molar-refractivity contribution in [1.29, 1.82) is 0 Å². The highest BCUT2D eigenvalue weighted by Gasteiger charge is 2.59. The molecule has 0 bridgehead atoms. The zero-order chi connectivity index (χ0) is 20.9. The van der Waals surface area contributed by atoms with Crippen LogP contribution in [0.3, 0.4) is 0 Å². The molecule has 3 fully saturated rings. The first kappa shape index (κ1) is 20.5. The van der Waals surface area contributed by atoms with E-state index in [0.29, 0.717) is 16.7 Å². The van der Waals surface area contributed by atoms with Crippen LogP contribution in [0.2, 0.25) is 0 Å². The Hall–Kier alpha value is -1.35. The minimum absolute atomic E-state index is 0.106. The molecular weight excluding hydrogens is 370 g/mol. The van der Waals surface area contributed by atoms with Gasteiger partial charge in [-0.25, -0.2) is 4.98 Å². The molecular formula is C27H39NO2. The topological polar surface area (TPSA) is 42.4 Å². The predicted octanol–water partition coefficient (Wildman–Crippen LogP) is 6.04. The first-order valence-corrected chi connectivity index (χ1v) is 12.3. The molecule has 3 saturated carbocycles. The van der Waals surface area contributed by atoms with Crippen LogP contribution in [0.4, 0.5) is 0 Å². The van der Waals surface area contributed by atoms with Crippen LogP contribution in [0.25, 0.3) is 0 Å². The Kier molecular flexibility index (Phi) is 5.24. The van der Waals surface area contributed by atoms with Crippen molar-refractivity contribution in [3.63, 3.8) is 0 Å². The number of pyridine rings is 1. The summed E-state index contributed by atoms with van der Waals surface area (Å²) in [6.07, 6.45) is 14.1. The molecule has 1 aromatic rings. The lowest BCUT2D eigenvalue weighted by molar-refractivity contribution is -0.0592. The molecule has 1 N–H and O–H groups in total. The van der Waals surface area contributed by atoms with E-state index >= 15 is 0 Å². The Balaban J connectivity index is 1.31. The molecule has 3 heteroatoms. The van der Waals surface area contributed by atoms with E-state index in [-0.39, 0.29) is 6.10 Å². The number of hydrogen-bond acceptors (Lipinski definition) is 3. The van der Waals surface area contributed by atoms with Crippen molar-refractivity contribution < 1.29 is 9.84 Å². The van der Waals surface area contributed by atoms with E-state index in [1.807, 2.05) is 24.4 Å². The second kappa shape index (κ2) is 7.65. The van der Waals surface area contributed by atoms with Crippen molar-refractivity contribution in [2.24, 2.45) is 40.4 Å². The highest BCUT2D eigenvalue weighted by atomic mass is 16.5. The van der Waals surface area contributed by atoms with E-state index < -0.39 is 0 Å². The molecule has 1 aromatic heterocycles. The van der Waals surface area contributed by atoms with Gasteiger partial charge in [-0.3, -0.25) is 0 Å². The van der Waals surface area contributed by atoms with Gasteiger partial charge in [-0.15, -0.1) is 0 Å². The predicted molar refractivity (Wildman–Crippen MR) is 120 cm³/mol. The molecule has 4 aliphatic carbocycles. The molecule has 4 aliphatic rings. The highest BCUT2D eigenvalue weighted by molar-refractivity contribution is 5.25. The molecule has 0 saturated heterocycles. The first-order valence-electron chi connectivity index (χ1n) is 12.3. The van der Waals surface area contributed by atoms with E-state index in [1.54, 1.807) is 5.57 Å². The zero-order valence-electron chi connectivity index (χ0n) is 19.0. The van der Waals surface area contributed by atoms with Gasteiger partial charge < -0.3 is 9.84 Å². The van der Waals surface area contributed by atoms with Gasteiger partial charge in [-0.05, 0) is 97.9 Å². The van der Waals surface area contributed by atoms with Gasteiger partial charge in [-0.1, -0.05) is 38.5 Å². The average Bonchev–Trinajstić information content (AvgIpc) is 3.10. The Morgan fingerprint density at radius 1 is 1.13 bits per heavy atom. The van der Waals surface area contributed by atoms with E-state index in [0.717, 1.165) is 49.0 Å². The molecule has 1 heterocycles. The lowest BCUT2D eigenvalue weighted by Crippen LogP contribution is -2.51. The number of aliphatic hydroxyl groups is 1.